The molecule has 8 heteroatoms. The number of hydrogen-bond acceptors (Lipinski definition) is 6. The zero-order chi connectivity index (χ0) is 24.9. The highest BCUT2D eigenvalue weighted by molar-refractivity contribution is 6.28. The van der Waals surface area contributed by atoms with Crippen LogP contribution in [0, 0.1) is 11.8 Å². The standard InChI is InChI=1S/C26H32N2O6/c1-13(2)9-15(11-29)27-23(31)17-5-7-19-22-20(8-6-18(21(17)22)24(27)32)26(34)28(25(19)33)16(12-30)10-14(3)4/h5-8,13-16,23,29-31H,9-12H2,1-4H3. The van der Waals surface area contributed by atoms with E-state index in [9.17, 15) is 29.7 Å². The first-order valence-electron chi connectivity index (χ1n) is 11.8. The van der Waals surface area contributed by atoms with E-state index < -0.39 is 36.0 Å². The molecule has 0 saturated heterocycles. The van der Waals surface area contributed by atoms with E-state index >= 15 is 0 Å². The molecule has 0 spiro atoms. The number of nitrogens with zero attached hydrogens (tertiary/aromatic N) is 2. The Hall–Kier alpha value is -2.81. The first-order chi connectivity index (χ1) is 16.1. The van der Waals surface area contributed by atoms with Crippen molar-refractivity contribution in [1.29, 1.82) is 0 Å². The maximum Gasteiger partial charge on any atom is 0.261 e. The molecule has 2 aromatic carbocycles. The number of carbonyl (C=O) groups is 3. The zero-order valence-corrected chi connectivity index (χ0v) is 20.0. The summed E-state index contributed by atoms with van der Waals surface area (Å²) in [6.07, 6.45) is -0.333. The van der Waals surface area contributed by atoms with Crippen molar-refractivity contribution in [2.45, 2.75) is 58.8 Å². The Balaban J connectivity index is 1.86. The lowest BCUT2D eigenvalue weighted by Gasteiger charge is -2.40. The lowest BCUT2D eigenvalue weighted by molar-refractivity contribution is -0.0313. The molecule has 2 aromatic rings. The van der Waals surface area contributed by atoms with Crippen LogP contribution in [0.15, 0.2) is 24.3 Å². The molecule has 3 atom stereocenters. The highest BCUT2D eigenvalue weighted by Gasteiger charge is 2.43. The van der Waals surface area contributed by atoms with Gasteiger partial charge in [-0.2, -0.15) is 0 Å². The first-order valence-corrected chi connectivity index (χ1v) is 11.8. The maximum atomic E-state index is 13.5. The van der Waals surface area contributed by atoms with Crippen molar-refractivity contribution >= 4 is 28.5 Å². The van der Waals surface area contributed by atoms with Crippen molar-refractivity contribution in [2.75, 3.05) is 13.2 Å². The monoisotopic (exact) mass is 468 g/mol. The van der Waals surface area contributed by atoms with Gasteiger partial charge in [-0.15, -0.1) is 0 Å². The minimum atomic E-state index is -1.31. The topological polar surface area (TPSA) is 118 Å². The van der Waals surface area contributed by atoms with Crippen molar-refractivity contribution in [1.82, 2.24) is 9.80 Å². The second-order valence-corrected chi connectivity index (χ2v) is 10.1. The third-order valence-electron chi connectivity index (χ3n) is 6.76. The van der Waals surface area contributed by atoms with Gasteiger partial charge in [0.2, 0.25) is 0 Å². The van der Waals surface area contributed by atoms with Crippen LogP contribution < -0.4 is 0 Å². The molecule has 182 valence electrons. The van der Waals surface area contributed by atoms with Crippen LogP contribution in [0.1, 0.15) is 83.4 Å². The summed E-state index contributed by atoms with van der Waals surface area (Å²) >= 11 is 0. The molecule has 2 aliphatic heterocycles. The van der Waals surface area contributed by atoms with Gasteiger partial charge in [0.05, 0.1) is 25.3 Å². The SMILES string of the molecule is CC(C)CC(CO)N1C(=O)c2ccc3c4c(ccc(c24)C1=O)C(O)N(C(CO)CC(C)C)C3=O. The van der Waals surface area contributed by atoms with Gasteiger partial charge in [0, 0.05) is 33.0 Å². The predicted molar refractivity (Wildman–Crippen MR) is 126 cm³/mol. The van der Waals surface area contributed by atoms with Crippen LogP contribution in [-0.4, -0.2) is 68.1 Å². The third kappa shape index (κ3) is 3.70. The molecular weight excluding hydrogens is 436 g/mol. The van der Waals surface area contributed by atoms with E-state index in [4.69, 9.17) is 0 Å². The summed E-state index contributed by atoms with van der Waals surface area (Å²) in [4.78, 5) is 42.7. The first kappa shape index (κ1) is 24.3. The minimum Gasteiger partial charge on any atom is -0.394 e. The molecule has 0 bridgehead atoms. The van der Waals surface area contributed by atoms with E-state index in [1.165, 1.54) is 4.90 Å². The molecule has 34 heavy (non-hydrogen) atoms. The second kappa shape index (κ2) is 9.09. The number of rotatable bonds is 8. The molecule has 2 aliphatic rings. The molecule has 0 radical (unpaired) electrons. The Morgan fingerprint density at radius 3 is 1.71 bits per heavy atom. The Morgan fingerprint density at radius 1 is 0.735 bits per heavy atom. The van der Waals surface area contributed by atoms with Gasteiger partial charge in [0.15, 0.2) is 6.23 Å². The van der Waals surface area contributed by atoms with Crippen molar-refractivity contribution in [2.24, 2.45) is 11.8 Å². The lowest BCUT2D eigenvalue weighted by atomic mass is 9.84. The van der Waals surface area contributed by atoms with Crippen LogP contribution in [-0.2, 0) is 0 Å². The van der Waals surface area contributed by atoms with Gasteiger partial charge in [-0.1, -0.05) is 33.8 Å². The van der Waals surface area contributed by atoms with Crippen LogP contribution in [0.3, 0.4) is 0 Å². The Kier molecular flexibility index (Phi) is 6.50. The summed E-state index contributed by atoms with van der Waals surface area (Å²) in [7, 11) is 0. The van der Waals surface area contributed by atoms with Gasteiger partial charge < -0.3 is 20.2 Å². The van der Waals surface area contributed by atoms with E-state index in [-0.39, 0.29) is 41.7 Å². The molecular formula is C26H32N2O6. The third-order valence-corrected chi connectivity index (χ3v) is 6.76. The van der Waals surface area contributed by atoms with Crippen LogP contribution in [0.2, 0.25) is 0 Å². The van der Waals surface area contributed by atoms with Crippen LogP contribution in [0.4, 0.5) is 0 Å². The highest BCUT2D eigenvalue weighted by Crippen LogP contribution is 2.42. The molecule has 3 amide bonds. The fourth-order valence-electron chi connectivity index (χ4n) is 5.35. The van der Waals surface area contributed by atoms with E-state index in [0.717, 1.165) is 4.90 Å². The van der Waals surface area contributed by atoms with Gasteiger partial charge in [-0.05, 0) is 42.9 Å². The van der Waals surface area contributed by atoms with Gasteiger partial charge >= 0.3 is 0 Å². The molecule has 0 fully saturated rings. The van der Waals surface area contributed by atoms with Crippen LogP contribution in [0.25, 0.3) is 10.8 Å². The number of hydrogen-bond donors (Lipinski definition) is 3. The number of aliphatic hydroxyl groups excluding tert-OH is 3. The molecule has 2 heterocycles. The molecule has 4 rings (SSSR count). The summed E-state index contributed by atoms with van der Waals surface area (Å²) in [6, 6.07) is 5.06. The van der Waals surface area contributed by atoms with E-state index in [1.54, 1.807) is 24.3 Å². The molecule has 3 unspecified atom stereocenters. The summed E-state index contributed by atoms with van der Waals surface area (Å²) in [6.45, 7) is 7.24. The number of aliphatic hydroxyl groups is 3. The van der Waals surface area contributed by atoms with E-state index in [0.29, 0.717) is 29.2 Å². The Bertz CT molecular complexity index is 1140. The average Bonchev–Trinajstić information content (AvgIpc) is 2.79. The molecule has 0 aliphatic carbocycles. The lowest BCUT2D eigenvalue weighted by Crippen LogP contribution is -2.50. The van der Waals surface area contributed by atoms with Crippen LogP contribution in [0.5, 0.6) is 0 Å². The van der Waals surface area contributed by atoms with Crippen molar-refractivity contribution in [3.63, 3.8) is 0 Å². The summed E-state index contributed by atoms with van der Waals surface area (Å²) in [5.74, 6) is -1.12. The van der Waals surface area contributed by atoms with E-state index in [2.05, 4.69) is 0 Å². The fourth-order valence-corrected chi connectivity index (χ4v) is 5.35. The number of carbonyl (C=O) groups excluding carboxylic acids is 3. The highest BCUT2D eigenvalue weighted by atomic mass is 16.3. The molecule has 0 saturated carbocycles. The maximum absolute atomic E-state index is 13.5. The van der Waals surface area contributed by atoms with Crippen molar-refractivity contribution < 1.29 is 29.7 Å². The molecule has 3 N–H and O–H groups in total. The minimum absolute atomic E-state index is 0.165. The fraction of sp³-hybridized carbons (Fsp3) is 0.500. The van der Waals surface area contributed by atoms with E-state index in [1.807, 2.05) is 27.7 Å². The second-order valence-electron chi connectivity index (χ2n) is 10.1. The van der Waals surface area contributed by atoms with Crippen molar-refractivity contribution in [3.8, 4) is 0 Å². The van der Waals surface area contributed by atoms with Gasteiger partial charge in [-0.25, -0.2) is 0 Å². The van der Waals surface area contributed by atoms with Crippen molar-refractivity contribution in [3.05, 3.63) is 46.5 Å². The summed E-state index contributed by atoms with van der Waals surface area (Å²) in [5.41, 5.74) is 1.25. The normalized spacial score (nSPS) is 19.6. The smallest absolute Gasteiger partial charge is 0.261 e. The average molecular weight is 469 g/mol. The quantitative estimate of drug-likeness (QED) is 0.513. The molecule has 8 nitrogen and oxygen atoms in total. The Labute approximate surface area is 198 Å². The van der Waals surface area contributed by atoms with Gasteiger partial charge in [-0.3, -0.25) is 19.3 Å². The predicted octanol–water partition coefficient (Wildman–Crippen LogP) is 2.70. The zero-order valence-electron chi connectivity index (χ0n) is 20.0. The number of benzene rings is 2. The summed E-state index contributed by atoms with van der Waals surface area (Å²) < 4.78 is 0. The van der Waals surface area contributed by atoms with Gasteiger partial charge in [0.25, 0.3) is 17.7 Å². The number of amides is 3. The number of imide groups is 1. The van der Waals surface area contributed by atoms with Gasteiger partial charge in [0.1, 0.15) is 0 Å². The molecule has 0 aromatic heterocycles. The summed E-state index contributed by atoms with van der Waals surface area (Å²) in [5, 5.41) is 31.8. The largest absolute Gasteiger partial charge is 0.394 e. The Morgan fingerprint density at radius 2 is 1.21 bits per heavy atom. The van der Waals surface area contributed by atoms with Crippen LogP contribution >= 0.6 is 0 Å².